The van der Waals surface area contributed by atoms with Crippen molar-refractivity contribution in [3.05, 3.63) is 63.6 Å². The number of rotatable bonds is 11. The first-order chi connectivity index (χ1) is 15.2. The fraction of sp³-hybridized carbons (Fsp3) is 0.440. The Balaban J connectivity index is 2.17. The van der Waals surface area contributed by atoms with E-state index in [-0.39, 0.29) is 24.4 Å². The predicted molar refractivity (Wildman–Crippen MR) is 136 cm³/mol. The van der Waals surface area contributed by atoms with E-state index in [4.69, 9.17) is 23.2 Å². The predicted octanol–water partition coefficient (Wildman–Crippen LogP) is 6.51. The van der Waals surface area contributed by atoms with Gasteiger partial charge in [0.1, 0.15) is 6.04 Å². The highest BCUT2D eigenvalue weighted by molar-refractivity contribution is 7.99. The molecular formula is C25H32Cl2N2O2S. The van der Waals surface area contributed by atoms with Gasteiger partial charge in [0.2, 0.25) is 11.8 Å². The molecule has 4 nitrogen and oxygen atoms in total. The standard InChI is InChI=1S/C25H32Cl2N2O2S/c1-5-18(4)28-25(31)23(6-2)29(16-19-9-10-20(26)15-22(19)27)24(30)13-14-32-21-11-7-17(3)8-12-21/h7-12,15,18,23H,5-6,13-14,16H2,1-4H3,(H,28,31)/t18-,23+/m1/s1. The van der Waals surface area contributed by atoms with Gasteiger partial charge >= 0.3 is 0 Å². The van der Waals surface area contributed by atoms with E-state index in [0.717, 1.165) is 16.9 Å². The molecule has 2 aromatic rings. The van der Waals surface area contributed by atoms with Crippen LogP contribution >= 0.6 is 35.0 Å². The Morgan fingerprint density at radius 2 is 1.75 bits per heavy atom. The topological polar surface area (TPSA) is 49.4 Å². The smallest absolute Gasteiger partial charge is 0.243 e. The number of carbonyl (C=O) groups is 2. The molecule has 2 rings (SSSR count). The molecule has 1 N–H and O–H groups in total. The lowest BCUT2D eigenvalue weighted by molar-refractivity contribution is -0.141. The fourth-order valence-corrected chi connectivity index (χ4v) is 4.54. The molecule has 0 fully saturated rings. The number of thioether (sulfide) groups is 1. The summed E-state index contributed by atoms with van der Waals surface area (Å²) >= 11 is 14.1. The van der Waals surface area contributed by atoms with Crippen LogP contribution in [0, 0.1) is 6.92 Å². The number of hydrogen-bond donors (Lipinski definition) is 1. The number of halogens is 2. The molecule has 0 saturated heterocycles. The van der Waals surface area contributed by atoms with Crippen LogP contribution in [0.15, 0.2) is 47.4 Å². The van der Waals surface area contributed by atoms with E-state index in [1.807, 2.05) is 33.8 Å². The van der Waals surface area contributed by atoms with Crippen LogP contribution in [0.5, 0.6) is 0 Å². The maximum Gasteiger partial charge on any atom is 0.243 e. The van der Waals surface area contributed by atoms with Crippen molar-refractivity contribution in [2.45, 2.75) is 70.5 Å². The molecule has 0 aromatic heterocycles. The first-order valence-electron chi connectivity index (χ1n) is 11.0. The summed E-state index contributed by atoms with van der Waals surface area (Å²) in [4.78, 5) is 29.1. The number of hydrogen-bond acceptors (Lipinski definition) is 3. The third-order valence-electron chi connectivity index (χ3n) is 5.35. The molecule has 0 spiro atoms. The minimum absolute atomic E-state index is 0.0460. The van der Waals surface area contributed by atoms with Crippen LogP contribution in [0.4, 0.5) is 0 Å². The minimum Gasteiger partial charge on any atom is -0.352 e. The summed E-state index contributed by atoms with van der Waals surface area (Å²) in [5.74, 6) is 0.434. The Morgan fingerprint density at radius 1 is 1.06 bits per heavy atom. The monoisotopic (exact) mass is 494 g/mol. The lowest BCUT2D eigenvalue weighted by atomic mass is 10.1. The first kappa shape index (κ1) is 26.6. The van der Waals surface area contributed by atoms with Crippen LogP contribution in [0.3, 0.4) is 0 Å². The van der Waals surface area contributed by atoms with Gasteiger partial charge in [-0.1, -0.05) is 60.8 Å². The summed E-state index contributed by atoms with van der Waals surface area (Å²) in [7, 11) is 0. The molecule has 0 saturated carbocycles. The van der Waals surface area contributed by atoms with Crippen molar-refractivity contribution in [2.75, 3.05) is 5.75 Å². The molecular weight excluding hydrogens is 463 g/mol. The molecule has 0 radical (unpaired) electrons. The molecule has 0 aliphatic carbocycles. The fourth-order valence-electron chi connectivity index (χ4n) is 3.23. The number of nitrogens with zero attached hydrogens (tertiary/aromatic N) is 1. The number of benzene rings is 2. The van der Waals surface area contributed by atoms with Crippen molar-refractivity contribution in [2.24, 2.45) is 0 Å². The zero-order chi connectivity index (χ0) is 23.7. The van der Waals surface area contributed by atoms with Crippen molar-refractivity contribution >= 4 is 46.8 Å². The van der Waals surface area contributed by atoms with Crippen LogP contribution in [-0.2, 0) is 16.1 Å². The summed E-state index contributed by atoms with van der Waals surface area (Å²) in [6.45, 7) is 8.21. The number of aryl methyl sites for hydroxylation is 1. The zero-order valence-electron chi connectivity index (χ0n) is 19.2. The lowest BCUT2D eigenvalue weighted by Gasteiger charge is -2.31. The van der Waals surface area contributed by atoms with E-state index in [1.165, 1.54) is 5.56 Å². The van der Waals surface area contributed by atoms with Gasteiger partial charge in [-0.05, 0) is 56.5 Å². The summed E-state index contributed by atoms with van der Waals surface area (Å²) < 4.78 is 0. The number of carbonyl (C=O) groups excluding carboxylic acids is 2. The average Bonchev–Trinajstić information content (AvgIpc) is 2.76. The quantitative estimate of drug-likeness (QED) is 0.362. The maximum absolute atomic E-state index is 13.3. The van der Waals surface area contributed by atoms with E-state index in [0.29, 0.717) is 28.6 Å². The first-order valence-corrected chi connectivity index (χ1v) is 12.7. The van der Waals surface area contributed by atoms with Gasteiger partial charge in [0, 0.05) is 39.7 Å². The van der Waals surface area contributed by atoms with Gasteiger partial charge in [-0.3, -0.25) is 9.59 Å². The molecule has 2 amide bonds. The minimum atomic E-state index is -0.562. The Bertz CT molecular complexity index is 905. The van der Waals surface area contributed by atoms with Crippen LogP contribution in [0.1, 0.15) is 51.2 Å². The second-order valence-electron chi connectivity index (χ2n) is 7.91. The van der Waals surface area contributed by atoms with Gasteiger partial charge in [-0.2, -0.15) is 0 Å². The van der Waals surface area contributed by atoms with Gasteiger partial charge in [0.05, 0.1) is 0 Å². The Hall–Kier alpha value is -1.69. The molecule has 7 heteroatoms. The number of nitrogens with one attached hydrogen (secondary N) is 1. The molecule has 2 atom stereocenters. The van der Waals surface area contributed by atoms with Gasteiger partial charge in [-0.25, -0.2) is 0 Å². The number of amides is 2. The van der Waals surface area contributed by atoms with Crippen molar-refractivity contribution in [1.29, 1.82) is 0 Å². The molecule has 0 heterocycles. The van der Waals surface area contributed by atoms with Crippen LogP contribution in [0.2, 0.25) is 10.0 Å². The summed E-state index contributed by atoms with van der Waals surface area (Å²) in [5, 5.41) is 4.04. The Morgan fingerprint density at radius 3 is 2.34 bits per heavy atom. The lowest BCUT2D eigenvalue weighted by Crippen LogP contribution is -2.50. The Labute approximate surface area is 206 Å². The highest BCUT2D eigenvalue weighted by Gasteiger charge is 2.29. The van der Waals surface area contributed by atoms with Crippen LogP contribution < -0.4 is 5.32 Å². The molecule has 0 unspecified atom stereocenters. The normalized spacial score (nSPS) is 12.8. The molecule has 0 bridgehead atoms. The van der Waals surface area contributed by atoms with Gasteiger partial charge in [0.25, 0.3) is 0 Å². The molecule has 0 aliphatic rings. The summed E-state index contributed by atoms with van der Waals surface area (Å²) in [5.41, 5.74) is 1.97. The van der Waals surface area contributed by atoms with E-state index in [1.54, 1.807) is 28.8 Å². The largest absolute Gasteiger partial charge is 0.352 e. The van der Waals surface area contributed by atoms with Gasteiger partial charge < -0.3 is 10.2 Å². The van der Waals surface area contributed by atoms with Crippen LogP contribution in [-0.4, -0.2) is 34.6 Å². The van der Waals surface area contributed by atoms with E-state index >= 15 is 0 Å². The van der Waals surface area contributed by atoms with Crippen molar-refractivity contribution in [3.63, 3.8) is 0 Å². The van der Waals surface area contributed by atoms with E-state index in [2.05, 4.69) is 29.6 Å². The molecule has 174 valence electrons. The summed E-state index contributed by atoms with van der Waals surface area (Å²) in [6, 6.07) is 12.9. The molecule has 32 heavy (non-hydrogen) atoms. The van der Waals surface area contributed by atoms with E-state index in [9.17, 15) is 9.59 Å². The highest BCUT2D eigenvalue weighted by atomic mass is 35.5. The van der Waals surface area contributed by atoms with Crippen molar-refractivity contribution in [1.82, 2.24) is 10.2 Å². The Kier molecular flexibility index (Phi) is 10.9. The van der Waals surface area contributed by atoms with Crippen molar-refractivity contribution in [3.8, 4) is 0 Å². The van der Waals surface area contributed by atoms with Crippen molar-refractivity contribution < 1.29 is 9.59 Å². The third kappa shape index (κ3) is 8.02. The van der Waals surface area contributed by atoms with E-state index < -0.39 is 6.04 Å². The SMILES string of the molecule is CC[C@@H](C)NC(=O)[C@H](CC)N(Cc1ccc(Cl)cc1Cl)C(=O)CCSc1ccc(C)cc1. The molecule has 2 aromatic carbocycles. The summed E-state index contributed by atoms with van der Waals surface area (Å²) in [6.07, 6.45) is 1.67. The molecule has 0 aliphatic heterocycles. The third-order valence-corrected chi connectivity index (χ3v) is 6.95. The van der Waals surface area contributed by atoms with Gasteiger partial charge in [0.15, 0.2) is 0 Å². The highest BCUT2D eigenvalue weighted by Crippen LogP contribution is 2.25. The second-order valence-corrected chi connectivity index (χ2v) is 9.92. The second kappa shape index (κ2) is 13.1. The zero-order valence-corrected chi connectivity index (χ0v) is 21.5. The van der Waals surface area contributed by atoms with Gasteiger partial charge in [-0.15, -0.1) is 11.8 Å². The average molecular weight is 496 g/mol. The maximum atomic E-state index is 13.3. The van der Waals surface area contributed by atoms with Crippen LogP contribution in [0.25, 0.3) is 0 Å².